The Morgan fingerprint density at radius 1 is 0.521 bits per heavy atom. The standard InChI is InChI=1S/C23H16N2O.C21H20O/c1-15-3-6-17(7-4-15)18-8-10-19(11-9-18)23(26)20-12-5-16(2)21(13-24)22(20)14-25;1-16-3-7-18(8-4-16)15-22-21-13-11-20(12-14-21)19-9-5-17(2)6-10-19/h3-12H,1-2H3;3-14H,15H2,1-2H3. The molecule has 6 aromatic carbocycles. The van der Waals surface area contributed by atoms with Gasteiger partial charge in [-0.2, -0.15) is 10.5 Å². The summed E-state index contributed by atoms with van der Waals surface area (Å²) in [5, 5.41) is 18.7. The van der Waals surface area contributed by atoms with Gasteiger partial charge in [0.25, 0.3) is 0 Å². The van der Waals surface area contributed by atoms with Crippen molar-refractivity contribution in [1.29, 1.82) is 10.5 Å². The van der Waals surface area contributed by atoms with Crippen LogP contribution in [0.15, 0.2) is 133 Å². The van der Waals surface area contributed by atoms with Gasteiger partial charge < -0.3 is 4.74 Å². The molecule has 0 atom stereocenters. The molecule has 0 aliphatic carbocycles. The molecular formula is C44H36N2O2. The molecule has 0 saturated carbocycles. The highest BCUT2D eigenvalue weighted by atomic mass is 16.5. The third-order valence-corrected chi connectivity index (χ3v) is 8.18. The largest absolute Gasteiger partial charge is 0.489 e. The number of benzene rings is 6. The maximum absolute atomic E-state index is 12.8. The fourth-order valence-corrected chi connectivity index (χ4v) is 5.21. The molecule has 4 heteroatoms. The summed E-state index contributed by atoms with van der Waals surface area (Å²) in [6.45, 7) is 8.59. The lowest BCUT2D eigenvalue weighted by Gasteiger charge is -2.08. The molecule has 0 spiro atoms. The molecule has 0 amide bonds. The Labute approximate surface area is 283 Å². The molecule has 0 N–H and O–H groups in total. The SMILES string of the molecule is Cc1ccc(-c2ccc(C(=O)c3ccc(C)c(C#N)c3C#N)cc2)cc1.Cc1ccc(COc2ccc(-c3ccc(C)cc3)cc2)cc1. The normalized spacial score (nSPS) is 10.2. The number of nitrogens with zero attached hydrogens (tertiary/aromatic N) is 2. The van der Waals surface area contributed by atoms with Crippen molar-refractivity contribution in [3.8, 4) is 40.1 Å². The minimum absolute atomic E-state index is 0.139. The van der Waals surface area contributed by atoms with Crippen molar-refractivity contribution in [3.05, 3.63) is 184 Å². The van der Waals surface area contributed by atoms with E-state index >= 15 is 0 Å². The number of aryl methyl sites for hydroxylation is 4. The van der Waals surface area contributed by atoms with Gasteiger partial charge in [0.05, 0.1) is 11.1 Å². The lowest BCUT2D eigenvalue weighted by molar-refractivity contribution is 0.103. The van der Waals surface area contributed by atoms with Gasteiger partial charge >= 0.3 is 0 Å². The minimum Gasteiger partial charge on any atom is -0.489 e. The Morgan fingerprint density at radius 3 is 1.40 bits per heavy atom. The van der Waals surface area contributed by atoms with Crippen molar-refractivity contribution in [2.45, 2.75) is 34.3 Å². The summed E-state index contributed by atoms with van der Waals surface area (Å²) in [6.07, 6.45) is 0. The van der Waals surface area contributed by atoms with E-state index in [1.54, 1.807) is 31.2 Å². The third-order valence-electron chi connectivity index (χ3n) is 8.18. The topological polar surface area (TPSA) is 73.9 Å². The van der Waals surface area contributed by atoms with E-state index in [-0.39, 0.29) is 22.5 Å². The van der Waals surface area contributed by atoms with E-state index in [1.165, 1.54) is 33.4 Å². The average molecular weight is 625 g/mol. The Kier molecular flexibility index (Phi) is 10.6. The van der Waals surface area contributed by atoms with Crippen LogP contribution in [-0.4, -0.2) is 5.78 Å². The highest BCUT2D eigenvalue weighted by Gasteiger charge is 2.18. The predicted octanol–water partition coefficient (Wildman–Crippen LogP) is 10.5. The second-order valence-electron chi connectivity index (χ2n) is 11.8. The number of nitriles is 2. The van der Waals surface area contributed by atoms with Gasteiger partial charge in [0.2, 0.25) is 0 Å². The van der Waals surface area contributed by atoms with Crippen LogP contribution in [-0.2, 0) is 6.61 Å². The molecule has 0 saturated heterocycles. The summed E-state index contributed by atoms with van der Waals surface area (Å²) < 4.78 is 5.84. The monoisotopic (exact) mass is 624 g/mol. The van der Waals surface area contributed by atoms with Crippen LogP contribution < -0.4 is 4.74 Å². The van der Waals surface area contributed by atoms with Gasteiger partial charge in [-0.15, -0.1) is 0 Å². The van der Waals surface area contributed by atoms with Crippen molar-refractivity contribution in [3.63, 3.8) is 0 Å². The van der Waals surface area contributed by atoms with Crippen LogP contribution >= 0.6 is 0 Å². The highest BCUT2D eigenvalue weighted by molar-refractivity contribution is 6.11. The number of carbonyl (C=O) groups excluding carboxylic acids is 1. The lowest BCUT2D eigenvalue weighted by Crippen LogP contribution is -2.06. The van der Waals surface area contributed by atoms with Crippen LogP contribution in [0.2, 0.25) is 0 Å². The molecule has 4 nitrogen and oxygen atoms in total. The zero-order valence-corrected chi connectivity index (χ0v) is 27.6. The Hall–Kier alpha value is -6.23. The molecule has 0 heterocycles. The predicted molar refractivity (Wildman–Crippen MR) is 193 cm³/mol. The Balaban J connectivity index is 0.000000190. The molecule has 0 bridgehead atoms. The zero-order valence-electron chi connectivity index (χ0n) is 27.6. The summed E-state index contributed by atoms with van der Waals surface area (Å²) in [5.41, 5.74) is 11.3. The molecule has 0 radical (unpaired) electrons. The summed E-state index contributed by atoms with van der Waals surface area (Å²) in [4.78, 5) is 12.8. The van der Waals surface area contributed by atoms with Crippen molar-refractivity contribution in [2.75, 3.05) is 0 Å². The number of hydrogen-bond acceptors (Lipinski definition) is 4. The van der Waals surface area contributed by atoms with Crippen molar-refractivity contribution < 1.29 is 9.53 Å². The summed E-state index contributed by atoms with van der Waals surface area (Å²) >= 11 is 0. The Bertz CT molecular complexity index is 2100. The number of hydrogen-bond donors (Lipinski definition) is 0. The van der Waals surface area contributed by atoms with E-state index in [1.807, 2.05) is 67.6 Å². The van der Waals surface area contributed by atoms with Crippen LogP contribution in [0.1, 0.15) is 54.9 Å². The summed E-state index contributed by atoms with van der Waals surface area (Å²) in [7, 11) is 0. The molecule has 234 valence electrons. The minimum atomic E-state index is -0.256. The summed E-state index contributed by atoms with van der Waals surface area (Å²) in [6, 6.07) is 48.1. The number of carbonyl (C=O) groups is 1. The first kappa shape index (κ1) is 33.1. The zero-order chi connectivity index (χ0) is 34.0. The molecule has 0 aromatic heterocycles. The molecule has 0 aliphatic rings. The van der Waals surface area contributed by atoms with Gasteiger partial charge in [-0.05, 0) is 79.3 Å². The second-order valence-corrected chi connectivity index (χ2v) is 11.8. The molecule has 0 unspecified atom stereocenters. The van der Waals surface area contributed by atoms with E-state index in [2.05, 4.69) is 74.5 Å². The van der Waals surface area contributed by atoms with Crippen molar-refractivity contribution in [1.82, 2.24) is 0 Å². The van der Waals surface area contributed by atoms with E-state index in [4.69, 9.17) is 4.74 Å². The first-order chi connectivity index (χ1) is 23.2. The molecule has 48 heavy (non-hydrogen) atoms. The second kappa shape index (κ2) is 15.4. The highest BCUT2D eigenvalue weighted by Crippen LogP contribution is 2.25. The van der Waals surface area contributed by atoms with Crippen LogP contribution in [0.5, 0.6) is 5.75 Å². The average Bonchev–Trinajstić information content (AvgIpc) is 3.12. The van der Waals surface area contributed by atoms with Gasteiger partial charge in [0, 0.05) is 11.1 Å². The first-order valence-electron chi connectivity index (χ1n) is 15.8. The van der Waals surface area contributed by atoms with Gasteiger partial charge in [-0.25, -0.2) is 0 Å². The molecule has 0 fully saturated rings. The molecule has 6 rings (SSSR count). The quantitative estimate of drug-likeness (QED) is 0.166. The number of ketones is 1. The van der Waals surface area contributed by atoms with Crippen LogP contribution in [0.4, 0.5) is 0 Å². The number of ether oxygens (including phenoxy) is 1. The van der Waals surface area contributed by atoms with E-state index in [9.17, 15) is 15.3 Å². The van der Waals surface area contributed by atoms with Crippen LogP contribution in [0, 0.1) is 50.4 Å². The summed E-state index contributed by atoms with van der Waals surface area (Å²) in [5.74, 6) is 0.643. The number of rotatable bonds is 7. The van der Waals surface area contributed by atoms with E-state index in [0.29, 0.717) is 17.7 Å². The van der Waals surface area contributed by atoms with Crippen molar-refractivity contribution in [2.24, 2.45) is 0 Å². The lowest BCUT2D eigenvalue weighted by atomic mass is 9.92. The molecule has 6 aromatic rings. The fraction of sp³-hybridized carbons (Fsp3) is 0.114. The maximum Gasteiger partial charge on any atom is 0.194 e. The molecular weight excluding hydrogens is 588 g/mol. The van der Waals surface area contributed by atoms with Gasteiger partial charge in [0.1, 0.15) is 24.5 Å². The van der Waals surface area contributed by atoms with Crippen LogP contribution in [0.25, 0.3) is 22.3 Å². The molecule has 0 aliphatic heterocycles. The first-order valence-corrected chi connectivity index (χ1v) is 15.8. The van der Waals surface area contributed by atoms with Gasteiger partial charge in [-0.1, -0.05) is 132 Å². The van der Waals surface area contributed by atoms with E-state index in [0.717, 1.165) is 16.9 Å². The van der Waals surface area contributed by atoms with Crippen molar-refractivity contribution >= 4 is 5.78 Å². The maximum atomic E-state index is 12.8. The third kappa shape index (κ3) is 8.13. The Morgan fingerprint density at radius 2 is 0.938 bits per heavy atom. The fourth-order valence-electron chi connectivity index (χ4n) is 5.21. The van der Waals surface area contributed by atoms with Gasteiger partial charge in [0.15, 0.2) is 5.78 Å². The van der Waals surface area contributed by atoms with E-state index < -0.39 is 0 Å². The smallest absolute Gasteiger partial charge is 0.194 e. The van der Waals surface area contributed by atoms with Crippen LogP contribution in [0.3, 0.4) is 0 Å². The van der Waals surface area contributed by atoms with Gasteiger partial charge in [-0.3, -0.25) is 4.79 Å².